The second-order valence-corrected chi connectivity index (χ2v) is 12.1. The molecule has 0 aromatic rings. The SMILES string of the molecule is COC1CCC2(C)C(=CC=C3C2CCC2(C)C3CCC2C(C)/C=C/[C@H](C)C(C)C)C1. The van der Waals surface area contributed by atoms with E-state index in [1.54, 1.807) is 5.57 Å². The lowest BCUT2D eigenvalue weighted by Crippen LogP contribution is -2.46. The highest BCUT2D eigenvalue weighted by Crippen LogP contribution is 2.66. The van der Waals surface area contributed by atoms with Gasteiger partial charge in [0, 0.05) is 7.11 Å². The summed E-state index contributed by atoms with van der Waals surface area (Å²) in [4.78, 5) is 0. The molecule has 7 unspecified atom stereocenters. The predicted octanol–water partition coefficient (Wildman–Crippen LogP) is 7.98. The number of fused-ring (bicyclic) bond motifs is 5. The Labute approximate surface area is 186 Å². The third-order valence-corrected chi connectivity index (χ3v) is 10.3. The lowest BCUT2D eigenvalue weighted by atomic mass is 9.50. The number of hydrogen-bond acceptors (Lipinski definition) is 1. The van der Waals surface area contributed by atoms with Crippen LogP contribution < -0.4 is 0 Å². The summed E-state index contributed by atoms with van der Waals surface area (Å²) in [7, 11) is 1.89. The summed E-state index contributed by atoms with van der Waals surface area (Å²) in [5, 5.41) is 0. The average Bonchev–Trinajstić information content (AvgIpc) is 3.08. The molecular formula is C29H46O. The molecule has 1 heteroatoms. The summed E-state index contributed by atoms with van der Waals surface area (Å²) in [6.45, 7) is 14.8. The van der Waals surface area contributed by atoms with Gasteiger partial charge in [-0.2, -0.15) is 0 Å². The van der Waals surface area contributed by atoms with E-state index in [0.717, 1.165) is 30.1 Å². The summed E-state index contributed by atoms with van der Waals surface area (Å²) in [6.07, 6.45) is 19.9. The van der Waals surface area contributed by atoms with E-state index in [9.17, 15) is 0 Å². The maximum absolute atomic E-state index is 5.73. The van der Waals surface area contributed by atoms with E-state index in [1.807, 2.05) is 12.7 Å². The molecule has 1 nitrogen and oxygen atoms in total. The molecule has 3 saturated carbocycles. The van der Waals surface area contributed by atoms with Gasteiger partial charge in [0.1, 0.15) is 0 Å². The molecule has 0 aromatic carbocycles. The van der Waals surface area contributed by atoms with Crippen LogP contribution >= 0.6 is 0 Å². The van der Waals surface area contributed by atoms with Gasteiger partial charge in [0.15, 0.2) is 0 Å². The van der Waals surface area contributed by atoms with Gasteiger partial charge in [-0.15, -0.1) is 0 Å². The molecule has 0 radical (unpaired) electrons. The van der Waals surface area contributed by atoms with Gasteiger partial charge in [-0.05, 0) is 91.3 Å². The molecule has 3 fully saturated rings. The highest BCUT2D eigenvalue weighted by Gasteiger charge is 2.56. The molecule has 0 N–H and O–H groups in total. The van der Waals surface area contributed by atoms with E-state index in [-0.39, 0.29) is 0 Å². The van der Waals surface area contributed by atoms with Crippen LogP contribution in [0.2, 0.25) is 0 Å². The molecule has 0 aromatic heterocycles. The zero-order valence-corrected chi connectivity index (χ0v) is 20.7. The minimum absolute atomic E-state index is 0.386. The minimum atomic E-state index is 0.386. The molecule has 0 heterocycles. The van der Waals surface area contributed by atoms with Crippen LogP contribution in [0.5, 0.6) is 0 Å². The summed E-state index contributed by atoms with van der Waals surface area (Å²) in [5.74, 6) is 4.52. The summed E-state index contributed by atoms with van der Waals surface area (Å²) < 4.78 is 5.73. The van der Waals surface area contributed by atoms with Gasteiger partial charge in [-0.1, -0.05) is 77.0 Å². The van der Waals surface area contributed by atoms with Gasteiger partial charge >= 0.3 is 0 Å². The van der Waals surface area contributed by atoms with E-state index in [4.69, 9.17) is 4.74 Å². The zero-order chi connectivity index (χ0) is 21.7. The predicted molar refractivity (Wildman–Crippen MR) is 128 cm³/mol. The first-order chi connectivity index (χ1) is 14.2. The fraction of sp³-hybridized carbons (Fsp3) is 0.793. The van der Waals surface area contributed by atoms with Gasteiger partial charge in [0.2, 0.25) is 0 Å². The molecule has 0 saturated heterocycles. The van der Waals surface area contributed by atoms with Crippen molar-refractivity contribution < 1.29 is 4.74 Å². The molecule has 4 rings (SSSR count). The quantitative estimate of drug-likeness (QED) is 0.417. The van der Waals surface area contributed by atoms with Gasteiger partial charge < -0.3 is 4.74 Å². The van der Waals surface area contributed by atoms with Crippen molar-refractivity contribution >= 4 is 0 Å². The summed E-state index contributed by atoms with van der Waals surface area (Å²) >= 11 is 0. The Hall–Kier alpha value is -0.820. The maximum atomic E-state index is 5.73. The van der Waals surface area contributed by atoms with E-state index in [2.05, 4.69) is 65.8 Å². The van der Waals surface area contributed by atoms with Crippen LogP contribution in [0.25, 0.3) is 0 Å². The van der Waals surface area contributed by atoms with Crippen LogP contribution in [0, 0.1) is 46.3 Å². The first-order valence-corrected chi connectivity index (χ1v) is 12.8. The van der Waals surface area contributed by atoms with Gasteiger partial charge in [-0.25, -0.2) is 0 Å². The Kier molecular flexibility index (Phi) is 6.17. The number of hydrogen-bond donors (Lipinski definition) is 0. The van der Waals surface area contributed by atoms with Crippen molar-refractivity contribution in [2.75, 3.05) is 7.11 Å². The topological polar surface area (TPSA) is 9.23 Å². The van der Waals surface area contributed by atoms with E-state index < -0.39 is 0 Å². The second kappa shape index (κ2) is 8.27. The van der Waals surface area contributed by atoms with E-state index in [0.29, 0.717) is 28.8 Å². The van der Waals surface area contributed by atoms with Crippen LogP contribution in [0.15, 0.2) is 35.5 Å². The third kappa shape index (κ3) is 3.58. The number of rotatable bonds is 5. The lowest BCUT2D eigenvalue weighted by Gasteiger charge is -2.55. The summed E-state index contributed by atoms with van der Waals surface area (Å²) in [6, 6.07) is 0. The zero-order valence-electron chi connectivity index (χ0n) is 20.7. The first-order valence-electron chi connectivity index (χ1n) is 12.8. The molecular weight excluding hydrogens is 364 g/mol. The molecule has 30 heavy (non-hydrogen) atoms. The molecule has 0 spiro atoms. The van der Waals surface area contributed by atoms with Crippen molar-refractivity contribution in [3.63, 3.8) is 0 Å². The number of allylic oxidation sites excluding steroid dienone is 5. The normalized spacial score (nSPS) is 42.9. The molecule has 8 atom stereocenters. The molecule has 0 amide bonds. The molecule has 0 aliphatic heterocycles. The van der Waals surface area contributed by atoms with Crippen molar-refractivity contribution in [3.8, 4) is 0 Å². The fourth-order valence-corrected chi connectivity index (χ4v) is 7.78. The average molecular weight is 411 g/mol. The van der Waals surface area contributed by atoms with Crippen LogP contribution in [0.3, 0.4) is 0 Å². The second-order valence-electron chi connectivity index (χ2n) is 12.1. The van der Waals surface area contributed by atoms with Crippen molar-refractivity contribution in [2.24, 2.45) is 46.3 Å². The van der Waals surface area contributed by atoms with Gasteiger partial charge in [0.05, 0.1) is 6.10 Å². The van der Waals surface area contributed by atoms with Crippen molar-refractivity contribution in [2.45, 2.75) is 92.6 Å². The standard InChI is InChI=1S/C29H46O/c1-19(2)20(3)8-9-21(4)25-12-13-26-24-11-10-22-18-23(30-7)14-16-28(22,5)27(24)15-17-29(25,26)6/h8-11,19-21,23,25-27H,12-18H2,1-7H3/b9-8+/t20-,21?,23?,25?,26?,27?,28?,29?/m0/s1. The molecule has 168 valence electrons. The van der Waals surface area contributed by atoms with Gasteiger partial charge in [0.25, 0.3) is 0 Å². The van der Waals surface area contributed by atoms with Crippen LogP contribution in [0.4, 0.5) is 0 Å². The smallest absolute Gasteiger partial charge is 0.0609 e. The third-order valence-electron chi connectivity index (χ3n) is 10.3. The molecule has 0 bridgehead atoms. The highest BCUT2D eigenvalue weighted by molar-refractivity contribution is 5.39. The number of ether oxygens (including phenoxy) is 1. The van der Waals surface area contributed by atoms with Crippen molar-refractivity contribution in [3.05, 3.63) is 35.5 Å². The van der Waals surface area contributed by atoms with Crippen LogP contribution in [-0.2, 0) is 4.74 Å². The first kappa shape index (κ1) is 22.4. The lowest BCUT2D eigenvalue weighted by molar-refractivity contribution is 0.0228. The fourth-order valence-electron chi connectivity index (χ4n) is 7.78. The molecule has 4 aliphatic rings. The Balaban J connectivity index is 1.56. The van der Waals surface area contributed by atoms with E-state index in [1.165, 1.54) is 38.5 Å². The van der Waals surface area contributed by atoms with Crippen molar-refractivity contribution in [1.29, 1.82) is 0 Å². The minimum Gasteiger partial charge on any atom is -0.381 e. The molecule has 4 aliphatic carbocycles. The van der Waals surface area contributed by atoms with Crippen molar-refractivity contribution in [1.82, 2.24) is 0 Å². The van der Waals surface area contributed by atoms with Crippen LogP contribution in [0.1, 0.15) is 86.5 Å². The van der Waals surface area contributed by atoms with Crippen LogP contribution in [-0.4, -0.2) is 13.2 Å². The number of methoxy groups -OCH3 is 1. The largest absolute Gasteiger partial charge is 0.381 e. The Bertz CT molecular complexity index is 727. The highest BCUT2D eigenvalue weighted by atomic mass is 16.5. The Morgan fingerprint density at radius 3 is 2.40 bits per heavy atom. The Morgan fingerprint density at radius 2 is 1.70 bits per heavy atom. The maximum Gasteiger partial charge on any atom is 0.0609 e. The Morgan fingerprint density at radius 1 is 0.933 bits per heavy atom. The summed E-state index contributed by atoms with van der Waals surface area (Å²) in [5.41, 5.74) is 4.36. The van der Waals surface area contributed by atoms with E-state index >= 15 is 0 Å². The van der Waals surface area contributed by atoms with Gasteiger partial charge in [-0.3, -0.25) is 0 Å². The monoisotopic (exact) mass is 410 g/mol.